The van der Waals surface area contributed by atoms with Crippen molar-refractivity contribution >= 4 is 15.9 Å². The van der Waals surface area contributed by atoms with E-state index in [1.807, 2.05) is 0 Å². The summed E-state index contributed by atoms with van der Waals surface area (Å²) in [6.45, 7) is 0. The average Bonchev–Trinajstić information content (AvgIpc) is 2.89. The first-order valence-corrected chi connectivity index (χ1v) is 7.40. The third-order valence-corrected chi connectivity index (χ3v) is 4.44. The molecule has 0 aromatic heterocycles. The van der Waals surface area contributed by atoms with Gasteiger partial charge in [-0.05, 0) is 12.8 Å². The molecule has 14 heteroatoms. The Kier molecular flexibility index (Phi) is 4.98. The molecule has 1 rings (SSSR count). The van der Waals surface area contributed by atoms with Gasteiger partial charge in [-0.25, -0.2) is 4.72 Å². The molecule has 0 fully saturated rings. The number of sulfonamides is 1. The molecule has 0 bridgehead atoms. The van der Waals surface area contributed by atoms with Gasteiger partial charge in [-0.15, -0.1) is 0 Å². The molecule has 1 aliphatic rings. The maximum absolute atomic E-state index is 13.3. The van der Waals surface area contributed by atoms with Crippen molar-refractivity contribution in [1.82, 2.24) is 4.72 Å². The SMILES string of the molecule is O=C(NS(=O)(=O)C(F)(F)C(F)(F)C(F)(F)C(F)(F)F)[C@H]1C=CCC1. The lowest BCUT2D eigenvalue weighted by Gasteiger charge is -2.33. The number of rotatable bonds is 5. The van der Waals surface area contributed by atoms with Crippen molar-refractivity contribution in [3.63, 3.8) is 0 Å². The first-order chi connectivity index (χ1) is 10.5. The van der Waals surface area contributed by atoms with E-state index in [0.29, 0.717) is 4.72 Å². The lowest BCUT2D eigenvalue weighted by atomic mass is 10.1. The van der Waals surface area contributed by atoms with E-state index in [1.54, 1.807) is 0 Å². The topological polar surface area (TPSA) is 63.2 Å². The van der Waals surface area contributed by atoms with Crippen molar-refractivity contribution in [3.05, 3.63) is 12.2 Å². The molecule has 0 heterocycles. The quantitative estimate of drug-likeness (QED) is 0.577. The minimum Gasteiger partial charge on any atom is -0.273 e. The zero-order valence-electron chi connectivity index (χ0n) is 11.2. The molecule has 1 atom stereocenters. The maximum atomic E-state index is 13.3. The van der Waals surface area contributed by atoms with Gasteiger partial charge in [0, 0.05) is 0 Å². The van der Waals surface area contributed by atoms with Crippen LogP contribution in [0.1, 0.15) is 12.8 Å². The largest absolute Gasteiger partial charge is 0.460 e. The fraction of sp³-hybridized carbons (Fsp3) is 0.700. The number of halogens is 9. The Morgan fingerprint density at radius 3 is 1.83 bits per heavy atom. The van der Waals surface area contributed by atoms with Gasteiger partial charge in [0.25, 0.3) is 0 Å². The molecule has 1 aliphatic carbocycles. The van der Waals surface area contributed by atoms with Crippen LogP contribution in [0, 0.1) is 5.92 Å². The minimum atomic E-state index is -7.37. The van der Waals surface area contributed by atoms with Gasteiger partial charge < -0.3 is 0 Å². The van der Waals surface area contributed by atoms with Crippen molar-refractivity contribution in [2.45, 2.75) is 36.1 Å². The van der Waals surface area contributed by atoms with E-state index in [0.717, 1.165) is 6.08 Å². The van der Waals surface area contributed by atoms with Crippen LogP contribution < -0.4 is 4.72 Å². The maximum Gasteiger partial charge on any atom is 0.460 e. The van der Waals surface area contributed by atoms with Crippen molar-refractivity contribution < 1.29 is 52.7 Å². The fourth-order valence-corrected chi connectivity index (χ4v) is 2.66. The van der Waals surface area contributed by atoms with E-state index >= 15 is 0 Å². The Hall–Kier alpha value is -1.47. The summed E-state index contributed by atoms with van der Waals surface area (Å²) in [6, 6.07) is 0. The van der Waals surface area contributed by atoms with Gasteiger partial charge in [0.15, 0.2) is 0 Å². The number of carbonyl (C=O) groups excluding carboxylic acids is 1. The van der Waals surface area contributed by atoms with Gasteiger partial charge in [-0.3, -0.25) is 4.79 Å². The van der Waals surface area contributed by atoms with E-state index in [1.165, 1.54) is 6.08 Å². The monoisotopic (exact) mass is 393 g/mol. The summed E-state index contributed by atoms with van der Waals surface area (Å²) in [5.41, 5.74) is 0. The standard InChI is InChI=1S/C10H8F9NO3S/c11-7(12,9(15,16)17)8(13,14)10(18,19)24(22,23)20-6(21)5-3-1-2-4-5/h1,3,5H,2,4H2,(H,20,21)/t5-/m0/s1. The predicted octanol–water partition coefficient (Wildman–Crippen LogP) is 2.82. The number of hydrogen-bond donors (Lipinski definition) is 1. The highest BCUT2D eigenvalue weighted by atomic mass is 32.2. The number of allylic oxidation sites excluding steroid dienone is 1. The zero-order valence-corrected chi connectivity index (χ0v) is 12.0. The van der Waals surface area contributed by atoms with Crippen LogP contribution in [0.2, 0.25) is 0 Å². The molecule has 1 N–H and O–H groups in total. The molecule has 0 aromatic rings. The van der Waals surface area contributed by atoms with Crippen LogP contribution in [-0.4, -0.2) is 37.6 Å². The summed E-state index contributed by atoms with van der Waals surface area (Å²) in [7, 11) is -6.89. The van der Waals surface area contributed by atoms with E-state index in [2.05, 4.69) is 0 Å². The minimum absolute atomic E-state index is 0.0813. The van der Waals surface area contributed by atoms with Crippen LogP contribution in [0.25, 0.3) is 0 Å². The van der Waals surface area contributed by atoms with Gasteiger partial charge in [-0.2, -0.15) is 47.9 Å². The van der Waals surface area contributed by atoms with E-state index in [4.69, 9.17) is 0 Å². The van der Waals surface area contributed by atoms with Crippen LogP contribution in [-0.2, 0) is 14.8 Å². The van der Waals surface area contributed by atoms with Gasteiger partial charge in [-0.1, -0.05) is 12.2 Å². The molecule has 0 unspecified atom stereocenters. The second-order valence-electron chi connectivity index (χ2n) is 4.75. The summed E-state index contributed by atoms with van der Waals surface area (Å²) in [5, 5.41) is -6.92. The summed E-state index contributed by atoms with van der Waals surface area (Å²) in [5.74, 6) is -17.8. The molecular weight excluding hydrogens is 385 g/mol. The lowest BCUT2D eigenvalue weighted by Crippen LogP contribution is -2.65. The first kappa shape index (κ1) is 20.6. The normalized spacial score (nSPS) is 20.3. The Morgan fingerprint density at radius 1 is 0.958 bits per heavy atom. The van der Waals surface area contributed by atoms with Crippen LogP contribution in [0.15, 0.2) is 12.2 Å². The van der Waals surface area contributed by atoms with Crippen molar-refractivity contribution in [1.29, 1.82) is 0 Å². The summed E-state index contributed by atoms with van der Waals surface area (Å²) in [4.78, 5) is 11.4. The highest BCUT2D eigenvalue weighted by Crippen LogP contribution is 2.54. The fourth-order valence-electron chi connectivity index (χ4n) is 1.65. The van der Waals surface area contributed by atoms with Crippen LogP contribution in [0.4, 0.5) is 39.5 Å². The van der Waals surface area contributed by atoms with Crippen molar-refractivity contribution in [3.8, 4) is 0 Å². The number of alkyl halides is 9. The molecule has 24 heavy (non-hydrogen) atoms. The summed E-state index contributed by atoms with van der Waals surface area (Å²) < 4.78 is 136. The molecular formula is C10H8F9NO3S. The Morgan fingerprint density at radius 2 is 1.46 bits per heavy atom. The zero-order chi connectivity index (χ0) is 19.2. The molecule has 0 aromatic carbocycles. The number of hydrogen-bond acceptors (Lipinski definition) is 3. The lowest BCUT2D eigenvalue weighted by molar-refractivity contribution is -0.382. The number of nitrogens with one attached hydrogen (secondary N) is 1. The van der Waals surface area contributed by atoms with Crippen molar-refractivity contribution in [2.75, 3.05) is 0 Å². The molecule has 0 saturated carbocycles. The van der Waals surface area contributed by atoms with Crippen LogP contribution >= 0.6 is 0 Å². The van der Waals surface area contributed by atoms with E-state index < -0.39 is 45.1 Å². The Bertz CT molecular complexity index is 638. The third-order valence-electron chi connectivity index (χ3n) is 3.04. The van der Waals surface area contributed by atoms with Crippen molar-refractivity contribution in [2.24, 2.45) is 5.92 Å². The Balaban J connectivity index is 3.20. The smallest absolute Gasteiger partial charge is 0.273 e. The second-order valence-corrected chi connectivity index (χ2v) is 6.47. The van der Waals surface area contributed by atoms with E-state index in [9.17, 15) is 52.7 Å². The third kappa shape index (κ3) is 3.07. The van der Waals surface area contributed by atoms with E-state index in [-0.39, 0.29) is 12.8 Å². The predicted molar refractivity (Wildman–Crippen MR) is 59.8 cm³/mol. The number of amides is 1. The van der Waals surface area contributed by atoms with Crippen LogP contribution in [0.3, 0.4) is 0 Å². The van der Waals surface area contributed by atoms with Gasteiger partial charge >= 0.3 is 33.3 Å². The molecule has 140 valence electrons. The molecule has 0 saturated heterocycles. The average molecular weight is 393 g/mol. The van der Waals surface area contributed by atoms with Gasteiger partial charge in [0.1, 0.15) is 0 Å². The van der Waals surface area contributed by atoms with Gasteiger partial charge in [0.05, 0.1) is 5.92 Å². The molecule has 0 aliphatic heterocycles. The molecule has 4 nitrogen and oxygen atoms in total. The second kappa shape index (κ2) is 5.81. The Labute approximate surface area is 128 Å². The first-order valence-electron chi connectivity index (χ1n) is 5.92. The highest BCUT2D eigenvalue weighted by Gasteiger charge is 2.85. The highest BCUT2D eigenvalue weighted by molar-refractivity contribution is 7.91. The summed E-state index contributed by atoms with van der Waals surface area (Å²) in [6.07, 6.45) is -4.67. The molecule has 0 radical (unpaired) electrons. The van der Waals surface area contributed by atoms with Crippen LogP contribution in [0.5, 0.6) is 0 Å². The summed E-state index contributed by atoms with van der Waals surface area (Å²) >= 11 is 0. The number of carbonyl (C=O) groups is 1. The molecule has 1 amide bonds. The molecule has 0 spiro atoms. The van der Waals surface area contributed by atoms with Gasteiger partial charge in [0.2, 0.25) is 5.91 Å².